The highest BCUT2D eigenvalue weighted by Gasteiger charge is 2.00. The first-order valence-electron chi connectivity index (χ1n) is 6.76. The molecule has 0 fully saturated rings. The van der Waals surface area contributed by atoms with Crippen LogP contribution in [0.25, 0.3) is 0 Å². The summed E-state index contributed by atoms with van der Waals surface area (Å²) in [4.78, 5) is 21.6. The van der Waals surface area contributed by atoms with Crippen molar-refractivity contribution in [3.05, 3.63) is 0 Å². The van der Waals surface area contributed by atoms with Crippen LogP contribution in [0.5, 0.6) is 0 Å². The van der Waals surface area contributed by atoms with Gasteiger partial charge in [-0.25, -0.2) is 4.57 Å². The van der Waals surface area contributed by atoms with E-state index in [4.69, 9.17) is 30.7 Å². The number of hydrogen-bond donors (Lipinski definition) is 7. The van der Waals surface area contributed by atoms with Gasteiger partial charge in [0.25, 0.3) is 0 Å². The molecule has 0 aromatic carbocycles. The van der Waals surface area contributed by atoms with Crippen LogP contribution in [-0.2, 0) is 4.57 Å². The fourth-order valence-electron chi connectivity index (χ4n) is 1.05. The van der Waals surface area contributed by atoms with Crippen molar-refractivity contribution in [3.63, 3.8) is 0 Å². The first-order valence-corrected chi connectivity index (χ1v) is 10.8. The minimum atomic E-state index is -4.64. The van der Waals surface area contributed by atoms with Crippen LogP contribution in [0.4, 0.5) is 0 Å². The van der Waals surface area contributed by atoms with E-state index in [1.165, 1.54) is 0 Å². The van der Waals surface area contributed by atoms with E-state index in [2.05, 4.69) is 10.6 Å². The van der Waals surface area contributed by atoms with Gasteiger partial charge in [-0.1, -0.05) is 21.6 Å². The number of nitrogens with one attached hydrogen (secondary N) is 2. The molecule has 0 radical (unpaired) electrons. The molecular weight excluding hydrogens is 335 g/mol. The molecule has 0 rings (SSSR count). The van der Waals surface area contributed by atoms with Crippen molar-refractivity contribution in [2.24, 2.45) is 11.5 Å². The van der Waals surface area contributed by atoms with Crippen molar-refractivity contribution in [1.29, 1.82) is 0 Å². The molecule has 0 atom stereocenters. The largest absolute Gasteiger partial charge is 0.466 e. The molecule has 0 aromatic heterocycles. The summed E-state index contributed by atoms with van der Waals surface area (Å²) in [5.74, 6) is 2.33. The van der Waals surface area contributed by atoms with E-state index < -0.39 is 7.82 Å². The van der Waals surface area contributed by atoms with Crippen molar-refractivity contribution in [1.82, 2.24) is 10.6 Å². The first kappa shape index (κ1) is 23.9. The summed E-state index contributed by atoms with van der Waals surface area (Å²) in [5.41, 5.74) is 10.8. The van der Waals surface area contributed by atoms with Crippen molar-refractivity contribution < 1.29 is 19.2 Å². The summed E-state index contributed by atoms with van der Waals surface area (Å²) in [6.45, 7) is 5.81. The second kappa shape index (κ2) is 18.7. The molecule has 0 bridgehead atoms. The molecule has 0 aliphatic carbocycles. The van der Waals surface area contributed by atoms with Gasteiger partial charge < -0.3 is 36.8 Å². The van der Waals surface area contributed by atoms with E-state index in [1.807, 2.05) is 21.6 Å². The average Bonchev–Trinajstić information content (AvgIpc) is 2.38. The first-order chi connectivity index (χ1) is 9.91. The van der Waals surface area contributed by atoms with Crippen LogP contribution in [0, 0.1) is 0 Å². The third-order valence-electron chi connectivity index (χ3n) is 1.92. The van der Waals surface area contributed by atoms with Crippen molar-refractivity contribution in [2.75, 3.05) is 50.8 Å². The van der Waals surface area contributed by atoms with Gasteiger partial charge >= 0.3 is 7.82 Å². The fraction of sp³-hybridized carbons (Fsp3) is 1.00. The maximum atomic E-state index is 8.88. The molecule has 0 aromatic rings. The molecule has 0 unspecified atom stereocenters. The lowest BCUT2D eigenvalue weighted by atomic mass is 10.4. The average molecular weight is 364 g/mol. The Morgan fingerprint density at radius 3 is 1.43 bits per heavy atom. The van der Waals surface area contributed by atoms with Crippen molar-refractivity contribution >= 4 is 29.4 Å². The maximum absolute atomic E-state index is 8.88. The van der Waals surface area contributed by atoms with Gasteiger partial charge in [0.2, 0.25) is 0 Å². The Kier molecular flexibility index (Phi) is 21.3. The molecule has 0 saturated heterocycles. The van der Waals surface area contributed by atoms with E-state index in [0.29, 0.717) is 0 Å². The Labute approximate surface area is 134 Å². The second-order valence-corrected chi connectivity index (χ2v) is 7.67. The minimum Gasteiger partial charge on any atom is -0.330 e. The second-order valence-electron chi connectivity index (χ2n) is 3.94. The zero-order chi connectivity index (χ0) is 16.4. The van der Waals surface area contributed by atoms with Gasteiger partial charge in [-0.2, -0.15) is 0 Å². The van der Waals surface area contributed by atoms with Crippen LogP contribution in [0.2, 0.25) is 0 Å². The Bertz CT molecular complexity index is 227. The molecule has 0 aliphatic rings. The SMILES string of the molecule is NCCCNCCSSCCNCCCN.O=P(O)(O)O. The van der Waals surface area contributed by atoms with Gasteiger partial charge in [0.15, 0.2) is 0 Å². The predicted octanol–water partition coefficient (Wildman–Crippen LogP) is -0.684. The van der Waals surface area contributed by atoms with E-state index >= 15 is 0 Å². The van der Waals surface area contributed by atoms with E-state index in [1.54, 1.807) is 0 Å². The van der Waals surface area contributed by atoms with E-state index in [9.17, 15) is 0 Å². The lowest BCUT2D eigenvalue weighted by Crippen LogP contribution is -2.21. The molecule has 11 heteroatoms. The van der Waals surface area contributed by atoms with Crippen LogP contribution >= 0.6 is 29.4 Å². The maximum Gasteiger partial charge on any atom is 0.466 e. The topological polar surface area (TPSA) is 154 Å². The van der Waals surface area contributed by atoms with E-state index in [-0.39, 0.29) is 0 Å². The monoisotopic (exact) mass is 364 g/mol. The van der Waals surface area contributed by atoms with Gasteiger partial charge in [-0.05, 0) is 39.0 Å². The highest BCUT2D eigenvalue weighted by molar-refractivity contribution is 8.76. The molecule has 0 amide bonds. The van der Waals surface area contributed by atoms with E-state index in [0.717, 1.165) is 63.6 Å². The predicted molar refractivity (Wildman–Crippen MR) is 92.3 cm³/mol. The summed E-state index contributed by atoms with van der Waals surface area (Å²) >= 11 is 0. The molecule has 9 N–H and O–H groups in total. The summed E-state index contributed by atoms with van der Waals surface area (Å²) in [5, 5.41) is 6.72. The zero-order valence-corrected chi connectivity index (χ0v) is 14.8. The van der Waals surface area contributed by atoms with Crippen molar-refractivity contribution in [3.8, 4) is 0 Å². The van der Waals surface area contributed by atoms with Gasteiger partial charge in [0.1, 0.15) is 0 Å². The molecule has 0 aliphatic heterocycles. The van der Waals surface area contributed by atoms with Crippen LogP contribution in [0.15, 0.2) is 0 Å². The zero-order valence-electron chi connectivity index (χ0n) is 12.2. The summed E-state index contributed by atoms with van der Waals surface area (Å²) in [6, 6.07) is 0. The van der Waals surface area contributed by atoms with Gasteiger partial charge in [-0.15, -0.1) is 0 Å². The smallest absolute Gasteiger partial charge is 0.330 e. The number of rotatable bonds is 13. The van der Waals surface area contributed by atoms with Gasteiger partial charge in [-0.3, -0.25) is 0 Å². The molecule has 21 heavy (non-hydrogen) atoms. The molecular formula is C10H29N4O4PS2. The van der Waals surface area contributed by atoms with Gasteiger partial charge in [0.05, 0.1) is 0 Å². The summed E-state index contributed by atoms with van der Waals surface area (Å²) < 4.78 is 8.88. The lowest BCUT2D eigenvalue weighted by Gasteiger charge is -2.04. The molecule has 130 valence electrons. The normalized spacial score (nSPS) is 11.1. The summed E-state index contributed by atoms with van der Waals surface area (Å²) in [6.07, 6.45) is 2.14. The molecule has 0 heterocycles. The number of nitrogens with two attached hydrogens (primary N) is 2. The van der Waals surface area contributed by atoms with Crippen molar-refractivity contribution in [2.45, 2.75) is 12.8 Å². The molecule has 8 nitrogen and oxygen atoms in total. The highest BCUT2D eigenvalue weighted by atomic mass is 33.1. The van der Waals surface area contributed by atoms with Gasteiger partial charge in [0, 0.05) is 24.6 Å². The minimum absolute atomic E-state index is 0.781. The molecule has 0 spiro atoms. The van der Waals surface area contributed by atoms with Crippen LogP contribution in [-0.4, -0.2) is 65.5 Å². The lowest BCUT2D eigenvalue weighted by molar-refractivity contribution is 0.275. The summed E-state index contributed by atoms with van der Waals surface area (Å²) in [7, 11) is -0.772. The Morgan fingerprint density at radius 1 is 0.810 bits per heavy atom. The molecule has 0 saturated carbocycles. The fourth-order valence-corrected chi connectivity index (χ4v) is 2.95. The third kappa shape index (κ3) is 38.5. The van der Waals surface area contributed by atoms with Crippen LogP contribution < -0.4 is 22.1 Å². The quantitative estimate of drug-likeness (QED) is 0.127. The third-order valence-corrected chi connectivity index (χ3v) is 4.33. The Hall–Kier alpha value is 0.650. The standard InChI is InChI=1S/C10H26N4S2.H3O4P/c11-3-1-5-13-7-9-15-16-10-8-14-6-2-4-12;1-5(2,3)4/h13-14H,1-12H2;(H3,1,2,3,4). The van der Waals surface area contributed by atoms with Crippen LogP contribution in [0.3, 0.4) is 0 Å². The van der Waals surface area contributed by atoms with Crippen LogP contribution in [0.1, 0.15) is 12.8 Å². The highest BCUT2D eigenvalue weighted by Crippen LogP contribution is 2.25. The number of phosphoric acid groups is 1. The Balaban J connectivity index is 0. The number of hydrogen-bond acceptors (Lipinski definition) is 7. The Morgan fingerprint density at radius 2 is 1.14 bits per heavy atom.